The first-order valence-corrected chi connectivity index (χ1v) is 10.4. The van der Waals surface area contributed by atoms with Crippen LogP contribution in [0.2, 0.25) is 0 Å². The van der Waals surface area contributed by atoms with Crippen molar-refractivity contribution in [1.29, 1.82) is 0 Å². The van der Waals surface area contributed by atoms with Gasteiger partial charge < -0.3 is 18.8 Å². The maximum atomic E-state index is 12.6. The summed E-state index contributed by atoms with van der Waals surface area (Å²) in [5.41, 5.74) is 1.91. The van der Waals surface area contributed by atoms with Crippen molar-refractivity contribution in [3.8, 4) is 11.5 Å². The Morgan fingerprint density at radius 1 is 1.03 bits per heavy atom. The number of fused-ring (bicyclic) bond motifs is 1. The lowest BCUT2D eigenvalue weighted by Crippen LogP contribution is -2.55. The Morgan fingerprint density at radius 3 is 2.72 bits per heavy atom. The van der Waals surface area contributed by atoms with Gasteiger partial charge in [-0.3, -0.25) is 14.6 Å². The van der Waals surface area contributed by atoms with E-state index in [1.165, 1.54) is 5.56 Å². The Labute approximate surface area is 170 Å². The Morgan fingerprint density at radius 2 is 1.90 bits per heavy atom. The van der Waals surface area contributed by atoms with E-state index in [0.29, 0.717) is 18.4 Å². The van der Waals surface area contributed by atoms with Crippen LogP contribution in [0, 0.1) is 0 Å². The third-order valence-corrected chi connectivity index (χ3v) is 6.22. The normalized spacial score (nSPS) is 22.8. The van der Waals surface area contributed by atoms with Gasteiger partial charge in [-0.15, -0.1) is 0 Å². The molecule has 29 heavy (non-hydrogen) atoms. The van der Waals surface area contributed by atoms with Crippen molar-refractivity contribution in [2.24, 2.45) is 0 Å². The fraction of sp³-hybridized carbons (Fsp3) is 0.500. The van der Waals surface area contributed by atoms with Gasteiger partial charge in [-0.1, -0.05) is 6.07 Å². The quantitative estimate of drug-likeness (QED) is 0.790. The van der Waals surface area contributed by atoms with E-state index < -0.39 is 0 Å². The summed E-state index contributed by atoms with van der Waals surface area (Å²) >= 11 is 0. The monoisotopic (exact) mass is 397 g/mol. The van der Waals surface area contributed by atoms with Crippen molar-refractivity contribution in [1.82, 2.24) is 14.7 Å². The van der Waals surface area contributed by atoms with Gasteiger partial charge in [0, 0.05) is 51.9 Å². The number of ether oxygens (including phenoxy) is 2. The standard InChI is InChI=1S/C22H27N3O4/c26-22(18-5-11-27-15-18)25-6-1-2-19(14-25)24-9-7-23(8-10-24)13-17-3-4-20-21(12-17)29-16-28-20/h3-5,11-12,15,19H,1-2,6-10,13-14,16H2. The van der Waals surface area contributed by atoms with E-state index in [4.69, 9.17) is 13.9 Å². The van der Waals surface area contributed by atoms with Gasteiger partial charge in [0.2, 0.25) is 6.79 Å². The molecule has 4 heterocycles. The molecule has 5 rings (SSSR count). The van der Waals surface area contributed by atoms with Crippen molar-refractivity contribution < 1.29 is 18.7 Å². The highest BCUT2D eigenvalue weighted by Gasteiger charge is 2.30. The first-order valence-electron chi connectivity index (χ1n) is 10.4. The van der Waals surface area contributed by atoms with Crippen molar-refractivity contribution in [3.63, 3.8) is 0 Å². The van der Waals surface area contributed by atoms with Gasteiger partial charge in [-0.05, 0) is 36.6 Å². The lowest BCUT2D eigenvalue weighted by Gasteiger charge is -2.43. The second kappa shape index (κ2) is 8.08. The van der Waals surface area contributed by atoms with Gasteiger partial charge in [-0.2, -0.15) is 0 Å². The Hall–Kier alpha value is -2.51. The largest absolute Gasteiger partial charge is 0.472 e. The maximum Gasteiger partial charge on any atom is 0.257 e. The second-order valence-electron chi connectivity index (χ2n) is 8.06. The minimum atomic E-state index is 0.0879. The molecule has 154 valence electrons. The molecule has 1 unspecified atom stereocenters. The molecule has 7 nitrogen and oxygen atoms in total. The molecule has 2 fully saturated rings. The lowest BCUT2D eigenvalue weighted by molar-refractivity contribution is 0.0407. The molecule has 3 aliphatic heterocycles. The van der Waals surface area contributed by atoms with Crippen LogP contribution in [0.4, 0.5) is 0 Å². The average Bonchev–Trinajstić information content (AvgIpc) is 3.46. The number of benzene rings is 1. The first-order chi connectivity index (χ1) is 14.3. The molecule has 0 radical (unpaired) electrons. The van der Waals surface area contributed by atoms with Crippen LogP contribution in [0.3, 0.4) is 0 Å². The molecule has 0 saturated carbocycles. The molecule has 2 saturated heterocycles. The van der Waals surface area contributed by atoms with Crippen molar-refractivity contribution in [2.45, 2.75) is 25.4 Å². The number of hydrogen-bond acceptors (Lipinski definition) is 6. The number of likely N-dealkylation sites (tertiary alicyclic amines) is 1. The van der Waals surface area contributed by atoms with Crippen molar-refractivity contribution in [3.05, 3.63) is 47.9 Å². The van der Waals surface area contributed by atoms with Crippen LogP contribution in [-0.2, 0) is 6.54 Å². The molecule has 7 heteroatoms. The molecule has 1 atom stereocenters. The lowest BCUT2D eigenvalue weighted by atomic mass is 10.0. The Bertz CT molecular complexity index is 846. The van der Waals surface area contributed by atoms with E-state index in [1.54, 1.807) is 18.6 Å². The summed E-state index contributed by atoms with van der Waals surface area (Å²) in [4.78, 5) is 19.7. The first kappa shape index (κ1) is 18.5. The maximum absolute atomic E-state index is 12.6. The number of carbonyl (C=O) groups excluding carboxylic acids is 1. The average molecular weight is 397 g/mol. The zero-order chi connectivity index (χ0) is 19.6. The van der Waals surface area contributed by atoms with Crippen molar-refractivity contribution >= 4 is 5.91 Å². The van der Waals surface area contributed by atoms with Crippen LogP contribution < -0.4 is 9.47 Å². The van der Waals surface area contributed by atoms with Crippen LogP contribution in [0.25, 0.3) is 0 Å². The highest BCUT2D eigenvalue weighted by molar-refractivity contribution is 5.93. The molecule has 0 N–H and O–H groups in total. The molecule has 0 spiro atoms. The Balaban J connectivity index is 1.14. The summed E-state index contributed by atoms with van der Waals surface area (Å²) in [6, 6.07) is 8.42. The molecule has 1 aromatic carbocycles. The SMILES string of the molecule is O=C(c1ccoc1)N1CCCC(N2CCN(Cc3ccc4c(c3)OCO4)CC2)C1. The topological polar surface area (TPSA) is 58.4 Å². The van der Waals surface area contributed by atoms with E-state index in [2.05, 4.69) is 21.9 Å². The number of furan rings is 1. The molecule has 0 aliphatic carbocycles. The van der Waals surface area contributed by atoms with Gasteiger partial charge in [-0.25, -0.2) is 0 Å². The smallest absolute Gasteiger partial charge is 0.257 e. The number of carbonyl (C=O) groups is 1. The minimum Gasteiger partial charge on any atom is -0.472 e. The molecule has 0 bridgehead atoms. The van der Waals surface area contributed by atoms with Gasteiger partial charge in [0.05, 0.1) is 11.8 Å². The number of amides is 1. The molecular weight excluding hydrogens is 370 g/mol. The molecule has 1 aromatic heterocycles. The number of piperidine rings is 1. The van der Waals surface area contributed by atoms with E-state index in [-0.39, 0.29) is 5.91 Å². The van der Waals surface area contributed by atoms with E-state index in [9.17, 15) is 4.79 Å². The molecular formula is C22H27N3O4. The van der Waals surface area contributed by atoms with Gasteiger partial charge in [0.15, 0.2) is 11.5 Å². The number of hydrogen-bond donors (Lipinski definition) is 0. The van der Waals surface area contributed by atoms with Crippen LogP contribution in [0.15, 0.2) is 41.2 Å². The molecule has 2 aromatic rings. The van der Waals surface area contributed by atoms with Crippen LogP contribution in [-0.4, -0.2) is 72.7 Å². The summed E-state index contributed by atoms with van der Waals surface area (Å²) in [6.07, 6.45) is 5.33. The number of piperazine rings is 1. The second-order valence-corrected chi connectivity index (χ2v) is 8.06. The summed E-state index contributed by atoms with van der Waals surface area (Å²) in [7, 11) is 0. The fourth-order valence-electron chi connectivity index (χ4n) is 4.59. The van der Waals surface area contributed by atoms with Crippen LogP contribution >= 0.6 is 0 Å². The highest BCUT2D eigenvalue weighted by Crippen LogP contribution is 2.33. The third-order valence-electron chi connectivity index (χ3n) is 6.22. The molecule has 1 amide bonds. The van der Waals surface area contributed by atoms with Crippen LogP contribution in [0.5, 0.6) is 11.5 Å². The number of rotatable bonds is 4. The summed E-state index contributed by atoms with van der Waals surface area (Å²) in [6.45, 7) is 7.07. The van der Waals surface area contributed by atoms with Crippen molar-refractivity contribution in [2.75, 3.05) is 46.1 Å². The van der Waals surface area contributed by atoms with Gasteiger partial charge in [0.1, 0.15) is 6.26 Å². The highest BCUT2D eigenvalue weighted by atomic mass is 16.7. The third kappa shape index (κ3) is 3.97. The fourth-order valence-corrected chi connectivity index (χ4v) is 4.59. The van der Waals surface area contributed by atoms with Gasteiger partial charge in [0.25, 0.3) is 5.91 Å². The summed E-state index contributed by atoms with van der Waals surface area (Å²) in [5, 5.41) is 0. The zero-order valence-electron chi connectivity index (χ0n) is 16.6. The predicted octanol–water partition coefficient (Wildman–Crippen LogP) is 2.43. The van der Waals surface area contributed by atoms with Crippen LogP contribution in [0.1, 0.15) is 28.8 Å². The summed E-state index contributed by atoms with van der Waals surface area (Å²) < 4.78 is 16.0. The predicted molar refractivity (Wildman–Crippen MR) is 107 cm³/mol. The Kier molecular flexibility index (Phi) is 5.16. The van der Waals surface area contributed by atoms with Gasteiger partial charge >= 0.3 is 0 Å². The molecule has 3 aliphatic rings. The van der Waals surface area contributed by atoms with E-state index in [0.717, 1.165) is 70.2 Å². The zero-order valence-corrected chi connectivity index (χ0v) is 16.6. The van der Waals surface area contributed by atoms with E-state index in [1.807, 2.05) is 11.0 Å². The minimum absolute atomic E-state index is 0.0879. The number of nitrogens with zero attached hydrogens (tertiary/aromatic N) is 3. The summed E-state index contributed by atoms with van der Waals surface area (Å²) in [5.74, 6) is 1.78. The van der Waals surface area contributed by atoms with E-state index >= 15 is 0 Å².